The van der Waals surface area contributed by atoms with Crippen molar-refractivity contribution < 1.29 is 21.7 Å². The summed E-state index contributed by atoms with van der Waals surface area (Å²) < 4.78 is 56.9. The van der Waals surface area contributed by atoms with Crippen molar-refractivity contribution in [2.24, 2.45) is 5.92 Å². The second kappa shape index (κ2) is 6.96. The minimum absolute atomic E-state index is 0.0286. The molecule has 1 aromatic heterocycles. The van der Waals surface area contributed by atoms with E-state index in [0.717, 1.165) is 25.3 Å². The van der Waals surface area contributed by atoms with Crippen molar-refractivity contribution in [3.05, 3.63) is 47.1 Å². The van der Waals surface area contributed by atoms with E-state index in [2.05, 4.69) is 10.1 Å². The molecule has 8 heteroatoms. The molecule has 27 heavy (non-hydrogen) atoms. The first-order valence-electron chi connectivity index (χ1n) is 9.37. The molecule has 1 atom stereocenters. The lowest BCUT2D eigenvalue weighted by molar-refractivity contribution is 0.337. The second-order valence-electron chi connectivity index (χ2n) is 7.75. The normalized spacial score (nSPS) is 24.1. The lowest BCUT2D eigenvalue weighted by atomic mass is 9.78. The van der Waals surface area contributed by atoms with E-state index in [9.17, 15) is 17.2 Å². The summed E-state index contributed by atoms with van der Waals surface area (Å²) in [7, 11) is -3.00. The van der Waals surface area contributed by atoms with Gasteiger partial charge in [0.2, 0.25) is 5.89 Å². The molecule has 0 spiro atoms. The van der Waals surface area contributed by atoms with Gasteiger partial charge < -0.3 is 4.52 Å². The second-order valence-corrected chi connectivity index (χ2v) is 9.98. The van der Waals surface area contributed by atoms with E-state index in [1.165, 1.54) is 12.1 Å². The topological polar surface area (TPSA) is 73.1 Å². The molecule has 2 aromatic rings. The maximum absolute atomic E-state index is 14.5. The van der Waals surface area contributed by atoms with Crippen molar-refractivity contribution >= 4 is 9.84 Å². The summed E-state index contributed by atoms with van der Waals surface area (Å²) in [4.78, 5) is 4.51. The van der Waals surface area contributed by atoms with Crippen LogP contribution in [-0.4, -0.2) is 30.1 Å². The zero-order chi connectivity index (χ0) is 19.1. The summed E-state index contributed by atoms with van der Waals surface area (Å²) in [6.45, 7) is 0. The van der Waals surface area contributed by atoms with Crippen LogP contribution in [0.25, 0.3) is 0 Å². The quantitative estimate of drug-likeness (QED) is 0.790. The molecule has 5 nitrogen and oxygen atoms in total. The smallest absolute Gasteiger partial charge is 0.226 e. The molecule has 1 unspecified atom stereocenters. The Morgan fingerprint density at radius 1 is 1.19 bits per heavy atom. The predicted octanol–water partition coefficient (Wildman–Crippen LogP) is 3.58. The van der Waals surface area contributed by atoms with Crippen molar-refractivity contribution in [1.82, 2.24) is 10.1 Å². The highest BCUT2D eigenvalue weighted by Crippen LogP contribution is 2.46. The Balaban J connectivity index is 1.62. The number of sulfone groups is 1. The molecule has 0 radical (unpaired) electrons. The van der Waals surface area contributed by atoms with Gasteiger partial charge in [0.15, 0.2) is 15.7 Å². The van der Waals surface area contributed by atoms with Crippen LogP contribution in [-0.2, 0) is 21.7 Å². The maximum Gasteiger partial charge on any atom is 0.226 e. The van der Waals surface area contributed by atoms with Gasteiger partial charge in [-0.05, 0) is 37.7 Å². The van der Waals surface area contributed by atoms with Crippen LogP contribution in [0, 0.1) is 17.6 Å². The van der Waals surface area contributed by atoms with E-state index in [0.29, 0.717) is 43.0 Å². The first-order chi connectivity index (χ1) is 12.9. The molecule has 2 heterocycles. The Morgan fingerprint density at radius 3 is 2.67 bits per heavy atom. The lowest BCUT2D eigenvalue weighted by Crippen LogP contribution is -2.28. The minimum Gasteiger partial charge on any atom is -0.339 e. The Hall–Kier alpha value is -1.83. The minimum atomic E-state index is -3.00. The van der Waals surface area contributed by atoms with Crippen LogP contribution in [0.15, 0.2) is 22.7 Å². The number of rotatable bonds is 4. The van der Waals surface area contributed by atoms with Gasteiger partial charge in [0.05, 0.1) is 16.9 Å². The molecule has 1 saturated carbocycles. The Bertz CT molecular complexity index is 936. The molecule has 0 amide bonds. The van der Waals surface area contributed by atoms with Crippen molar-refractivity contribution in [2.75, 3.05) is 11.5 Å². The van der Waals surface area contributed by atoms with Crippen molar-refractivity contribution in [1.29, 1.82) is 0 Å². The highest BCUT2D eigenvalue weighted by Gasteiger charge is 2.43. The van der Waals surface area contributed by atoms with Gasteiger partial charge in [-0.25, -0.2) is 17.2 Å². The average Bonchev–Trinajstić information content (AvgIpc) is 3.24. The standard InChI is InChI=1S/C19H22F2N2O3S/c20-14-5-6-15(16(21)11-14)19(7-1-2-8-19)18-22-17(26-23-18)10-13-4-3-9-27(24,25)12-13/h5-6,11,13H,1-4,7-10,12H2. The van der Waals surface area contributed by atoms with Crippen molar-refractivity contribution in [2.45, 2.75) is 50.4 Å². The molecule has 1 saturated heterocycles. The zero-order valence-electron chi connectivity index (χ0n) is 15.0. The lowest BCUT2D eigenvalue weighted by Gasteiger charge is -2.26. The summed E-state index contributed by atoms with van der Waals surface area (Å²) in [5, 5.41) is 4.12. The molecule has 1 aliphatic carbocycles. The van der Waals surface area contributed by atoms with Gasteiger partial charge >= 0.3 is 0 Å². The fourth-order valence-corrected chi connectivity index (χ4v) is 6.30. The Kier molecular flexibility index (Phi) is 4.78. The summed E-state index contributed by atoms with van der Waals surface area (Å²) in [5.41, 5.74) is -0.313. The monoisotopic (exact) mass is 396 g/mol. The molecular weight excluding hydrogens is 374 g/mol. The first-order valence-corrected chi connectivity index (χ1v) is 11.2. The van der Waals surface area contributed by atoms with E-state index >= 15 is 0 Å². The summed E-state index contributed by atoms with van der Waals surface area (Å²) in [6.07, 6.45) is 5.03. The van der Waals surface area contributed by atoms with E-state index in [4.69, 9.17) is 4.52 Å². The van der Waals surface area contributed by atoms with E-state index in [1.54, 1.807) is 0 Å². The summed E-state index contributed by atoms with van der Waals surface area (Å²) >= 11 is 0. The fraction of sp³-hybridized carbons (Fsp3) is 0.579. The van der Waals surface area contributed by atoms with E-state index < -0.39 is 26.9 Å². The molecule has 2 aliphatic rings. The fourth-order valence-electron chi connectivity index (χ4n) is 4.53. The molecule has 0 bridgehead atoms. The van der Waals surface area contributed by atoms with Gasteiger partial charge in [0.25, 0.3) is 0 Å². The van der Waals surface area contributed by atoms with Gasteiger partial charge in [0, 0.05) is 18.1 Å². The molecule has 2 fully saturated rings. The van der Waals surface area contributed by atoms with Gasteiger partial charge in [0.1, 0.15) is 11.6 Å². The average molecular weight is 396 g/mol. The number of aromatic nitrogens is 2. The van der Waals surface area contributed by atoms with Crippen LogP contribution in [0.4, 0.5) is 8.78 Å². The highest BCUT2D eigenvalue weighted by molar-refractivity contribution is 7.91. The third-order valence-electron chi connectivity index (χ3n) is 5.82. The van der Waals surface area contributed by atoms with Crippen molar-refractivity contribution in [3.63, 3.8) is 0 Å². The van der Waals surface area contributed by atoms with Crippen LogP contribution in [0.1, 0.15) is 55.8 Å². The maximum atomic E-state index is 14.5. The predicted molar refractivity (Wildman–Crippen MR) is 95.0 cm³/mol. The van der Waals surface area contributed by atoms with Crippen LogP contribution in [0.2, 0.25) is 0 Å². The van der Waals surface area contributed by atoms with Gasteiger partial charge in [-0.2, -0.15) is 4.98 Å². The SMILES string of the molecule is O=S1(=O)CCCC(Cc2nc(C3(c4ccc(F)cc4F)CCCC3)no2)C1. The number of hydrogen-bond donors (Lipinski definition) is 0. The zero-order valence-corrected chi connectivity index (χ0v) is 15.8. The summed E-state index contributed by atoms with van der Waals surface area (Å²) in [5.74, 6) is -0.0499. The largest absolute Gasteiger partial charge is 0.339 e. The molecule has 1 aromatic carbocycles. The number of benzene rings is 1. The molecule has 0 N–H and O–H groups in total. The van der Waals surface area contributed by atoms with Crippen LogP contribution in [0.3, 0.4) is 0 Å². The van der Waals surface area contributed by atoms with Gasteiger partial charge in [-0.15, -0.1) is 0 Å². The van der Waals surface area contributed by atoms with E-state index in [1.807, 2.05) is 0 Å². The third-order valence-corrected chi connectivity index (χ3v) is 7.71. The first kappa shape index (κ1) is 18.5. The van der Waals surface area contributed by atoms with Gasteiger partial charge in [-0.3, -0.25) is 0 Å². The number of halogens is 2. The number of nitrogens with zero attached hydrogens (tertiary/aromatic N) is 2. The van der Waals surface area contributed by atoms with Crippen LogP contribution >= 0.6 is 0 Å². The number of hydrogen-bond acceptors (Lipinski definition) is 5. The van der Waals surface area contributed by atoms with Crippen molar-refractivity contribution in [3.8, 4) is 0 Å². The summed E-state index contributed by atoms with van der Waals surface area (Å²) in [6, 6.07) is 3.62. The van der Waals surface area contributed by atoms with E-state index in [-0.39, 0.29) is 17.4 Å². The molecule has 1 aliphatic heterocycles. The van der Waals surface area contributed by atoms with Crippen LogP contribution in [0.5, 0.6) is 0 Å². The molecular formula is C19H22F2N2O3S. The molecule has 146 valence electrons. The highest BCUT2D eigenvalue weighted by atomic mass is 32.2. The van der Waals surface area contributed by atoms with Gasteiger partial charge in [-0.1, -0.05) is 24.1 Å². The Morgan fingerprint density at radius 2 is 1.96 bits per heavy atom. The Labute approximate surface area is 157 Å². The third kappa shape index (κ3) is 3.63. The van der Waals surface area contributed by atoms with Crippen LogP contribution < -0.4 is 0 Å². The molecule has 4 rings (SSSR count).